The van der Waals surface area contributed by atoms with Crippen LogP contribution in [0.2, 0.25) is 0 Å². The van der Waals surface area contributed by atoms with Crippen molar-refractivity contribution in [3.05, 3.63) is 194 Å². The van der Waals surface area contributed by atoms with Crippen molar-refractivity contribution in [2.45, 2.75) is 6.92 Å². The molecule has 0 aliphatic carbocycles. The van der Waals surface area contributed by atoms with Gasteiger partial charge in [0.2, 0.25) is 0 Å². The summed E-state index contributed by atoms with van der Waals surface area (Å²) < 4.78 is 2.35. The number of nitrogens with zero attached hydrogens (tertiary/aromatic N) is 2. The maximum atomic E-state index is 4.23. The fourth-order valence-electron chi connectivity index (χ4n) is 6.07. The number of allylic oxidation sites excluding steroid dienone is 4. The van der Waals surface area contributed by atoms with Crippen LogP contribution >= 0.6 is 0 Å². The average Bonchev–Trinajstić information content (AvgIpc) is 3.45. The van der Waals surface area contributed by atoms with E-state index in [1.165, 1.54) is 44.1 Å². The molecule has 0 aliphatic rings. The minimum absolute atomic E-state index is 0.988. The molecule has 2 nitrogen and oxygen atoms in total. The lowest BCUT2D eigenvalue weighted by molar-refractivity contribution is 1.16. The molecule has 0 spiro atoms. The molecule has 0 fully saturated rings. The van der Waals surface area contributed by atoms with Crippen LogP contribution in [0, 0.1) is 0 Å². The summed E-state index contributed by atoms with van der Waals surface area (Å²) in [4.78, 5) is 2.27. The first kappa shape index (κ1) is 27.9. The summed E-state index contributed by atoms with van der Waals surface area (Å²) in [5, 5.41) is 2.52. The van der Waals surface area contributed by atoms with Gasteiger partial charge in [-0.25, -0.2) is 0 Å². The van der Waals surface area contributed by atoms with Gasteiger partial charge >= 0.3 is 0 Å². The van der Waals surface area contributed by atoms with E-state index in [9.17, 15) is 0 Å². The number of fused-ring (bicyclic) bond motifs is 3. The van der Waals surface area contributed by atoms with Gasteiger partial charge in [0, 0.05) is 33.5 Å². The summed E-state index contributed by atoms with van der Waals surface area (Å²) in [5.41, 5.74) is 11.4. The molecule has 1 aromatic heterocycles. The fraction of sp³-hybridized carbons (Fsp3) is 0.0233. The van der Waals surface area contributed by atoms with Crippen LogP contribution in [0.3, 0.4) is 0 Å². The third-order valence-corrected chi connectivity index (χ3v) is 8.38. The van der Waals surface area contributed by atoms with Crippen LogP contribution < -0.4 is 4.90 Å². The Morgan fingerprint density at radius 1 is 0.533 bits per heavy atom. The second-order valence-corrected chi connectivity index (χ2v) is 11.1. The van der Waals surface area contributed by atoms with Gasteiger partial charge in [-0.05, 0) is 89.9 Å². The third kappa shape index (κ3) is 5.50. The van der Waals surface area contributed by atoms with E-state index in [2.05, 4.69) is 187 Å². The summed E-state index contributed by atoms with van der Waals surface area (Å²) in [7, 11) is 0. The zero-order valence-corrected chi connectivity index (χ0v) is 25.3. The second-order valence-electron chi connectivity index (χ2n) is 11.1. The zero-order chi connectivity index (χ0) is 30.6. The van der Waals surface area contributed by atoms with E-state index in [0.29, 0.717) is 0 Å². The lowest BCUT2D eigenvalue weighted by Crippen LogP contribution is -2.15. The van der Waals surface area contributed by atoms with Crippen LogP contribution in [0.5, 0.6) is 0 Å². The highest BCUT2D eigenvalue weighted by Crippen LogP contribution is 2.36. The van der Waals surface area contributed by atoms with Crippen molar-refractivity contribution in [1.82, 2.24) is 4.57 Å². The smallest absolute Gasteiger partial charge is 0.0541 e. The van der Waals surface area contributed by atoms with Gasteiger partial charge in [0.15, 0.2) is 0 Å². The van der Waals surface area contributed by atoms with Gasteiger partial charge in [-0.1, -0.05) is 122 Å². The lowest BCUT2D eigenvalue weighted by Gasteiger charge is -2.27. The Bertz CT molecular complexity index is 2090. The van der Waals surface area contributed by atoms with E-state index in [-0.39, 0.29) is 0 Å². The average molecular weight is 579 g/mol. The van der Waals surface area contributed by atoms with Crippen LogP contribution in [0.1, 0.15) is 12.5 Å². The Balaban J connectivity index is 1.32. The number of anilines is 2. The summed E-state index contributed by atoms with van der Waals surface area (Å²) in [5.74, 6) is 0. The highest BCUT2D eigenvalue weighted by atomic mass is 15.1. The molecule has 1 heterocycles. The first-order chi connectivity index (χ1) is 22.2. The van der Waals surface area contributed by atoms with Crippen LogP contribution in [-0.2, 0) is 0 Å². The van der Waals surface area contributed by atoms with Gasteiger partial charge in [-0.3, -0.25) is 0 Å². The van der Waals surface area contributed by atoms with Crippen molar-refractivity contribution >= 4 is 38.8 Å². The van der Waals surface area contributed by atoms with Gasteiger partial charge in [-0.15, -0.1) is 0 Å². The van der Waals surface area contributed by atoms with Crippen molar-refractivity contribution in [1.29, 1.82) is 0 Å². The van der Waals surface area contributed by atoms with Crippen LogP contribution in [0.4, 0.5) is 11.4 Å². The Labute approximate surface area is 265 Å². The van der Waals surface area contributed by atoms with Gasteiger partial charge in [0.05, 0.1) is 11.0 Å². The number of rotatable bonds is 8. The van der Waals surface area contributed by atoms with Crippen LogP contribution in [0.25, 0.3) is 44.2 Å². The number of para-hydroxylation sites is 2. The molecule has 2 heteroatoms. The second kappa shape index (κ2) is 12.4. The third-order valence-electron chi connectivity index (χ3n) is 8.38. The molecular formula is C43H34N2. The van der Waals surface area contributed by atoms with Crippen molar-refractivity contribution in [3.8, 4) is 16.8 Å². The normalized spacial score (nSPS) is 12.0. The van der Waals surface area contributed by atoms with E-state index in [0.717, 1.165) is 22.8 Å². The first-order valence-corrected chi connectivity index (χ1v) is 15.3. The van der Waals surface area contributed by atoms with Crippen molar-refractivity contribution in [3.63, 3.8) is 0 Å². The maximum absolute atomic E-state index is 4.23. The van der Waals surface area contributed by atoms with Gasteiger partial charge in [0.1, 0.15) is 0 Å². The predicted octanol–water partition coefficient (Wildman–Crippen LogP) is 11.8. The highest BCUT2D eigenvalue weighted by molar-refractivity contribution is 6.09. The maximum Gasteiger partial charge on any atom is 0.0541 e. The summed E-state index contributed by atoms with van der Waals surface area (Å²) in [6.45, 7) is 6.38. The summed E-state index contributed by atoms with van der Waals surface area (Å²) in [6, 6.07) is 55.8. The largest absolute Gasteiger partial charge is 0.311 e. The molecule has 7 aromatic rings. The molecule has 0 saturated heterocycles. The standard InChI is InChI=1S/C43H34N2/c1-3-36(25-22-32(2)33-14-6-4-7-15-33)44(37-26-23-35(24-27-37)34-16-8-5-9-17-34)38-28-30-39(31-29-38)45-42-20-12-10-18-40(42)41-19-11-13-21-43(41)45/h3-31H,1H2,2H3/b32-22+,36-25+. The van der Waals surface area contributed by atoms with E-state index in [4.69, 9.17) is 0 Å². The Hall–Kier alpha value is -5.86. The van der Waals surface area contributed by atoms with Crippen molar-refractivity contribution < 1.29 is 0 Å². The summed E-state index contributed by atoms with van der Waals surface area (Å²) >= 11 is 0. The monoisotopic (exact) mass is 578 g/mol. The quantitative estimate of drug-likeness (QED) is 0.163. The molecule has 0 amide bonds. The number of hydrogen-bond acceptors (Lipinski definition) is 1. The van der Waals surface area contributed by atoms with E-state index in [1.807, 2.05) is 12.1 Å². The molecular weight excluding hydrogens is 544 g/mol. The zero-order valence-electron chi connectivity index (χ0n) is 25.3. The molecule has 0 atom stereocenters. The molecule has 0 radical (unpaired) electrons. The summed E-state index contributed by atoms with van der Waals surface area (Å²) in [6.07, 6.45) is 6.26. The number of aromatic nitrogens is 1. The minimum Gasteiger partial charge on any atom is -0.311 e. The molecule has 0 saturated carbocycles. The predicted molar refractivity (Wildman–Crippen MR) is 193 cm³/mol. The van der Waals surface area contributed by atoms with Crippen LogP contribution in [0.15, 0.2) is 188 Å². The molecule has 7 rings (SSSR count). The Morgan fingerprint density at radius 2 is 1.02 bits per heavy atom. The number of benzene rings is 6. The molecule has 0 bridgehead atoms. The van der Waals surface area contributed by atoms with Gasteiger partial charge < -0.3 is 9.47 Å². The lowest BCUT2D eigenvalue weighted by atomic mass is 10.0. The van der Waals surface area contributed by atoms with E-state index < -0.39 is 0 Å². The van der Waals surface area contributed by atoms with Crippen molar-refractivity contribution in [2.75, 3.05) is 4.90 Å². The molecule has 0 aliphatic heterocycles. The molecule has 216 valence electrons. The highest BCUT2D eigenvalue weighted by Gasteiger charge is 2.15. The van der Waals surface area contributed by atoms with Crippen molar-refractivity contribution in [2.24, 2.45) is 0 Å². The van der Waals surface area contributed by atoms with Crippen LogP contribution in [-0.4, -0.2) is 4.57 Å². The molecule has 0 N–H and O–H groups in total. The Morgan fingerprint density at radius 3 is 1.60 bits per heavy atom. The van der Waals surface area contributed by atoms with Gasteiger partial charge in [-0.2, -0.15) is 0 Å². The molecule has 0 unspecified atom stereocenters. The van der Waals surface area contributed by atoms with E-state index >= 15 is 0 Å². The topological polar surface area (TPSA) is 8.17 Å². The molecule has 6 aromatic carbocycles. The van der Waals surface area contributed by atoms with Gasteiger partial charge in [0.25, 0.3) is 0 Å². The molecule has 45 heavy (non-hydrogen) atoms. The Kier molecular flexibility index (Phi) is 7.70. The van der Waals surface area contributed by atoms with E-state index in [1.54, 1.807) is 0 Å². The minimum atomic E-state index is 0.988. The SMILES string of the molecule is C=C/C(=C\C=C(/C)c1ccccc1)N(c1ccc(-c2ccccc2)cc1)c1ccc(-n2c3ccccc3c3ccccc32)cc1. The number of hydrogen-bond donors (Lipinski definition) is 0. The first-order valence-electron chi connectivity index (χ1n) is 15.3. The fourth-order valence-corrected chi connectivity index (χ4v) is 6.07.